The third-order valence-corrected chi connectivity index (χ3v) is 4.21. The average molecular weight is 382 g/mol. The first-order valence-corrected chi connectivity index (χ1v) is 8.98. The van der Waals surface area contributed by atoms with Gasteiger partial charge in [-0.05, 0) is 31.9 Å². The second-order valence-corrected chi connectivity index (χ2v) is 6.14. The van der Waals surface area contributed by atoms with Crippen molar-refractivity contribution >= 4 is 29.4 Å². The van der Waals surface area contributed by atoms with Gasteiger partial charge in [0.05, 0.1) is 18.2 Å². The largest absolute Gasteiger partial charge is 0.471 e. The lowest BCUT2D eigenvalue weighted by atomic mass is 10.0. The molecule has 0 aliphatic heterocycles. The van der Waals surface area contributed by atoms with Gasteiger partial charge < -0.3 is 20.1 Å². The smallest absolute Gasteiger partial charge is 0.292 e. The van der Waals surface area contributed by atoms with Gasteiger partial charge in [-0.25, -0.2) is 9.97 Å². The summed E-state index contributed by atoms with van der Waals surface area (Å²) in [5.74, 6) is 0.476. The zero-order valence-electron chi connectivity index (χ0n) is 16.4. The number of nitrogens with two attached hydrogens (primary N) is 1. The van der Waals surface area contributed by atoms with Crippen LogP contribution in [0.1, 0.15) is 24.6 Å². The molecule has 3 N–H and O–H groups in total. The van der Waals surface area contributed by atoms with Gasteiger partial charge in [0, 0.05) is 18.7 Å². The van der Waals surface area contributed by atoms with Crippen LogP contribution in [0.25, 0.3) is 28.2 Å². The molecule has 0 radical (unpaired) electrons. The number of hydrogen-bond donors (Lipinski definition) is 2. The van der Waals surface area contributed by atoms with Crippen molar-refractivity contribution < 1.29 is 14.6 Å². The number of anilines is 1. The monoisotopic (exact) mass is 382 g/mol. The number of nitrogen functional groups attached to an aromatic ring is 1. The van der Waals surface area contributed by atoms with E-state index in [2.05, 4.69) is 56.5 Å². The van der Waals surface area contributed by atoms with Crippen LogP contribution < -0.4 is 5.73 Å². The zero-order chi connectivity index (χ0) is 20.5. The number of aromatic nitrogens is 3. The van der Waals surface area contributed by atoms with E-state index in [1.807, 2.05) is 13.0 Å². The predicted molar refractivity (Wildman–Crippen MR) is 112 cm³/mol. The molecule has 3 aromatic rings. The summed E-state index contributed by atoms with van der Waals surface area (Å²) < 4.78 is 5.97. The fourth-order valence-corrected chi connectivity index (χ4v) is 3.01. The van der Waals surface area contributed by atoms with Crippen LogP contribution in [0.15, 0.2) is 36.7 Å². The maximum atomic E-state index is 9.24. The molecule has 3 rings (SSSR count). The van der Waals surface area contributed by atoms with Gasteiger partial charge >= 0.3 is 0 Å². The summed E-state index contributed by atoms with van der Waals surface area (Å²) >= 11 is 0. The molecular weight excluding hydrogens is 356 g/mol. The highest BCUT2D eigenvalue weighted by Gasteiger charge is 2.20. The van der Waals surface area contributed by atoms with Crippen molar-refractivity contribution in [2.24, 2.45) is 0 Å². The summed E-state index contributed by atoms with van der Waals surface area (Å²) in [7, 11) is 1.31. The van der Waals surface area contributed by atoms with E-state index in [0.717, 1.165) is 27.9 Å². The van der Waals surface area contributed by atoms with Crippen LogP contribution in [0.4, 0.5) is 5.82 Å². The third-order valence-electron chi connectivity index (χ3n) is 4.21. The van der Waals surface area contributed by atoms with Gasteiger partial charge in [0.1, 0.15) is 17.8 Å². The SMILES string of the molecule is C/C=C/c1c(-c2ccc(C)cc2)c2c(N)ncnc2n1CCCO.COC=O. The predicted octanol–water partition coefficient (Wildman–Crippen LogP) is 3.19. The molecule has 148 valence electrons. The van der Waals surface area contributed by atoms with E-state index in [0.29, 0.717) is 25.3 Å². The molecule has 0 fully saturated rings. The number of ether oxygens (including phenoxy) is 1. The third kappa shape index (κ3) is 4.55. The van der Waals surface area contributed by atoms with Crippen LogP contribution in [-0.2, 0) is 16.1 Å². The lowest BCUT2D eigenvalue weighted by molar-refractivity contribution is -0.126. The Kier molecular flexibility index (Phi) is 7.71. The molecule has 0 spiro atoms. The first-order chi connectivity index (χ1) is 13.6. The van der Waals surface area contributed by atoms with Crippen LogP contribution >= 0.6 is 0 Å². The number of carbonyl (C=O) groups is 1. The van der Waals surface area contributed by atoms with E-state index < -0.39 is 0 Å². The van der Waals surface area contributed by atoms with Crippen LogP contribution in [-0.4, -0.2) is 39.8 Å². The summed E-state index contributed by atoms with van der Waals surface area (Å²) in [4.78, 5) is 17.6. The molecule has 0 amide bonds. The van der Waals surface area contributed by atoms with Crippen molar-refractivity contribution in [2.75, 3.05) is 19.5 Å². The van der Waals surface area contributed by atoms with Crippen molar-refractivity contribution in [2.45, 2.75) is 26.8 Å². The Bertz CT molecular complexity index is 946. The second kappa shape index (κ2) is 10.2. The topological polar surface area (TPSA) is 103 Å². The molecule has 7 nitrogen and oxygen atoms in total. The maximum Gasteiger partial charge on any atom is 0.292 e. The highest BCUT2D eigenvalue weighted by Crippen LogP contribution is 2.37. The molecule has 0 aliphatic rings. The normalized spacial score (nSPS) is 10.7. The minimum atomic E-state index is 0.134. The van der Waals surface area contributed by atoms with Crippen LogP contribution in [0.3, 0.4) is 0 Å². The van der Waals surface area contributed by atoms with Gasteiger partial charge in [0.25, 0.3) is 6.47 Å². The molecule has 0 bridgehead atoms. The summed E-state index contributed by atoms with van der Waals surface area (Å²) in [6.45, 7) is 5.24. The molecule has 1 aromatic carbocycles. The molecular formula is C21H26N4O3. The Labute approximate surface area is 164 Å². The summed E-state index contributed by atoms with van der Waals surface area (Å²) in [6.07, 6.45) is 6.22. The molecule has 7 heteroatoms. The fraction of sp³-hybridized carbons (Fsp3) is 0.286. The molecule has 0 saturated heterocycles. The quantitative estimate of drug-likeness (QED) is 0.635. The molecule has 0 unspecified atom stereocenters. The van der Waals surface area contributed by atoms with Crippen molar-refractivity contribution in [1.29, 1.82) is 0 Å². The van der Waals surface area contributed by atoms with Crippen molar-refractivity contribution in [3.8, 4) is 11.1 Å². The summed E-state index contributed by atoms with van der Waals surface area (Å²) in [6, 6.07) is 8.37. The minimum absolute atomic E-state index is 0.134. The molecule has 2 heterocycles. The Balaban J connectivity index is 0.000000640. The number of aryl methyl sites for hydroxylation is 2. The lowest BCUT2D eigenvalue weighted by Crippen LogP contribution is -2.03. The molecule has 0 aliphatic carbocycles. The average Bonchev–Trinajstić information content (AvgIpc) is 3.02. The Morgan fingerprint density at radius 3 is 2.50 bits per heavy atom. The first kappa shape index (κ1) is 21.1. The summed E-state index contributed by atoms with van der Waals surface area (Å²) in [5.41, 5.74) is 11.4. The van der Waals surface area contributed by atoms with Gasteiger partial charge in [0.2, 0.25) is 0 Å². The van der Waals surface area contributed by atoms with E-state index >= 15 is 0 Å². The highest BCUT2D eigenvalue weighted by molar-refractivity contribution is 6.04. The molecule has 0 saturated carbocycles. The van der Waals surface area contributed by atoms with E-state index in [-0.39, 0.29) is 6.61 Å². The number of carbonyl (C=O) groups excluding carboxylic acids is 1. The maximum absolute atomic E-state index is 9.24. The van der Waals surface area contributed by atoms with E-state index in [1.165, 1.54) is 19.0 Å². The number of fused-ring (bicyclic) bond motifs is 1. The number of methoxy groups -OCH3 is 1. The van der Waals surface area contributed by atoms with Crippen LogP contribution in [0.2, 0.25) is 0 Å². The van der Waals surface area contributed by atoms with Crippen LogP contribution in [0, 0.1) is 6.92 Å². The molecule has 2 aromatic heterocycles. The standard InChI is InChI=1S/C19H22N4O.C2H4O2/c1-3-5-15-16(14-8-6-13(2)7-9-14)17-18(20)21-12-22-19(17)23(15)10-4-11-24;1-4-2-3/h3,5-9,12,24H,4,10-11H2,1-2H3,(H2,20,21,22);2H,1H3/b5-3+;. The van der Waals surface area contributed by atoms with Crippen molar-refractivity contribution in [3.63, 3.8) is 0 Å². The first-order valence-electron chi connectivity index (χ1n) is 8.98. The fourth-order valence-electron chi connectivity index (χ4n) is 3.01. The van der Waals surface area contributed by atoms with Crippen molar-refractivity contribution in [1.82, 2.24) is 14.5 Å². The number of aliphatic hydroxyl groups is 1. The van der Waals surface area contributed by atoms with Gasteiger partial charge in [-0.3, -0.25) is 4.79 Å². The minimum Gasteiger partial charge on any atom is -0.471 e. The number of allylic oxidation sites excluding steroid dienone is 1. The number of nitrogens with zero attached hydrogens (tertiary/aromatic N) is 3. The zero-order valence-corrected chi connectivity index (χ0v) is 16.4. The van der Waals surface area contributed by atoms with Gasteiger partial charge in [0.15, 0.2) is 0 Å². The van der Waals surface area contributed by atoms with Crippen molar-refractivity contribution in [3.05, 3.63) is 47.9 Å². The Morgan fingerprint density at radius 1 is 1.25 bits per heavy atom. The highest BCUT2D eigenvalue weighted by atomic mass is 16.5. The Hall–Kier alpha value is -3.19. The number of aliphatic hydroxyl groups excluding tert-OH is 1. The number of rotatable bonds is 6. The van der Waals surface area contributed by atoms with E-state index in [4.69, 9.17) is 10.5 Å². The van der Waals surface area contributed by atoms with E-state index in [1.54, 1.807) is 0 Å². The number of hydrogen-bond acceptors (Lipinski definition) is 6. The molecule has 28 heavy (non-hydrogen) atoms. The number of benzene rings is 1. The Morgan fingerprint density at radius 2 is 1.93 bits per heavy atom. The van der Waals surface area contributed by atoms with E-state index in [9.17, 15) is 5.11 Å². The summed E-state index contributed by atoms with van der Waals surface area (Å²) in [5, 5.41) is 10.1. The molecule has 0 atom stereocenters. The van der Waals surface area contributed by atoms with Gasteiger partial charge in [-0.15, -0.1) is 0 Å². The van der Waals surface area contributed by atoms with Gasteiger partial charge in [-0.2, -0.15) is 0 Å². The second-order valence-electron chi connectivity index (χ2n) is 6.14. The van der Waals surface area contributed by atoms with Gasteiger partial charge in [-0.1, -0.05) is 35.9 Å². The lowest BCUT2D eigenvalue weighted by Gasteiger charge is -2.08. The van der Waals surface area contributed by atoms with Crippen LogP contribution in [0.5, 0.6) is 0 Å².